The molecule has 0 bridgehead atoms. The molecule has 0 aromatic carbocycles. The van der Waals surface area contributed by atoms with Crippen molar-refractivity contribution in [1.29, 1.82) is 0 Å². The van der Waals surface area contributed by atoms with Gasteiger partial charge in [-0.1, -0.05) is 6.92 Å². The molecule has 48 heavy (non-hydrogen) atoms. The minimum atomic E-state index is -1.16. The minimum Gasteiger partial charge on any atom is -0.480 e. The SMILES string of the molecule is CCCOCCOCCOCCOCCNC(=O)CCC(C(=O)O)N1CCN(CC(=O)O)CCN(CC(=O)O)CCN(CC(=O)O)CC1. The van der Waals surface area contributed by atoms with E-state index in [2.05, 4.69) is 5.32 Å². The second-order valence-electron chi connectivity index (χ2n) is 11.2. The Labute approximate surface area is 281 Å². The van der Waals surface area contributed by atoms with Gasteiger partial charge in [-0.3, -0.25) is 43.6 Å². The average Bonchev–Trinajstić information content (AvgIpc) is 3.01. The van der Waals surface area contributed by atoms with Gasteiger partial charge in [-0.15, -0.1) is 0 Å². The number of aliphatic carboxylic acids is 4. The highest BCUT2D eigenvalue weighted by Gasteiger charge is 2.28. The first-order valence-electron chi connectivity index (χ1n) is 16.4. The highest BCUT2D eigenvalue weighted by Crippen LogP contribution is 2.11. The van der Waals surface area contributed by atoms with Crippen molar-refractivity contribution in [2.75, 3.05) is 131 Å². The number of nitrogens with zero attached hydrogens (tertiary/aromatic N) is 4. The molecular formula is C30H55N5O13. The van der Waals surface area contributed by atoms with Crippen molar-refractivity contribution in [3.8, 4) is 0 Å². The van der Waals surface area contributed by atoms with Gasteiger partial charge in [-0.25, -0.2) is 0 Å². The lowest BCUT2D eigenvalue weighted by atomic mass is 10.1. The lowest BCUT2D eigenvalue weighted by Crippen LogP contribution is -2.52. The van der Waals surface area contributed by atoms with Crippen molar-refractivity contribution in [1.82, 2.24) is 24.9 Å². The van der Waals surface area contributed by atoms with Crippen molar-refractivity contribution in [3.63, 3.8) is 0 Å². The van der Waals surface area contributed by atoms with Crippen LogP contribution in [0.2, 0.25) is 0 Å². The summed E-state index contributed by atoms with van der Waals surface area (Å²) in [7, 11) is 0. The molecule has 1 rings (SSSR count). The topological polar surface area (TPSA) is 228 Å². The largest absolute Gasteiger partial charge is 0.480 e. The quantitative estimate of drug-likeness (QED) is 0.0671. The van der Waals surface area contributed by atoms with Gasteiger partial charge in [-0.05, 0) is 12.8 Å². The number of amides is 1. The smallest absolute Gasteiger partial charge is 0.320 e. The third-order valence-corrected chi connectivity index (χ3v) is 7.35. The molecule has 1 fully saturated rings. The van der Waals surface area contributed by atoms with Gasteiger partial charge in [0.1, 0.15) is 6.04 Å². The van der Waals surface area contributed by atoms with E-state index >= 15 is 0 Å². The Kier molecular flexibility index (Phi) is 24.1. The van der Waals surface area contributed by atoms with Crippen LogP contribution in [0.4, 0.5) is 0 Å². The van der Waals surface area contributed by atoms with Gasteiger partial charge in [0.25, 0.3) is 0 Å². The first kappa shape index (κ1) is 43.1. The molecule has 0 aromatic heterocycles. The van der Waals surface area contributed by atoms with Crippen LogP contribution in [0, 0.1) is 0 Å². The van der Waals surface area contributed by atoms with Crippen molar-refractivity contribution < 1.29 is 63.3 Å². The van der Waals surface area contributed by atoms with Crippen molar-refractivity contribution >= 4 is 29.8 Å². The molecule has 0 saturated carbocycles. The van der Waals surface area contributed by atoms with Crippen LogP contribution >= 0.6 is 0 Å². The molecule has 1 unspecified atom stereocenters. The maximum atomic E-state index is 12.5. The van der Waals surface area contributed by atoms with Crippen LogP contribution in [0.3, 0.4) is 0 Å². The molecule has 278 valence electrons. The Morgan fingerprint density at radius 1 is 0.583 bits per heavy atom. The van der Waals surface area contributed by atoms with Crippen LogP contribution in [0.15, 0.2) is 0 Å². The van der Waals surface area contributed by atoms with Crippen LogP contribution in [0.5, 0.6) is 0 Å². The number of carboxylic acid groups (broad SMARTS) is 4. The van der Waals surface area contributed by atoms with Crippen molar-refractivity contribution in [2.24, 2.45) is 0 Å². The molecule has 5 N–H and O–H groups in total. The van der Waals surface area contributed by atoms with E-state index in [0.29, 0.717) is 46.2 Å². The molecule has 1 aliphatic heterocycles. The van der Waals surface area contributed by atoms with Gasteiger partial charge in [0.2, 0.25) is 5.91 Å². The number of hydrogen-bond donors (Lipinski definition) is 5. The Bertz CT molecular complexity index is 913. The first-order valence-corrected chi connectivity index (χ1v) is 16.4. The zero-order chi connectivity index (χ0) is 35.6. The van der Waals surface area contributed by atoms with E-state index < -0.39 is 29.9 Å². The number of carboxylic acids is 4. The fraction of sp³-hybridized carbons (Fsp3) is 0.833. The van der Waals surface area contributed by atoms with E-state index in [1.54, 1.807) is 19.6 Å². The Balaban J connectivity index is 2.60. The summed E-state index contributed by atoms with van der Waals surface area (Å²) in [5.41, 5.74) is 0. The zero-order valence-corrected chi connectivity index (χ0v) is 28.1. The van der Waals surface area contributed by atoms with E-state index in [9.17, 15) is 44.4 Å². The van der Waals surface area contributed by atoms with Crippen molar-refractivity contribution in [3.05, 3.63) is 0 Å². The number of ether oxygens (including phenoxy) is 4. The predicted molar refractivity (Wildman–Crippen MR) is 171 cm³/mol. The van der Waals surface area contributed by atoms with E-state index in [0.717, 1.165) is 6.42 Å². The Morgan fingerprint density at radius 2 is 0.958 bits per heavy atom. The molecule has 1 heterocycles. The number of rotatable bonds is 25. The van der Waals surface area contributed by atoms with Gasteiger partial charge in [0, 0.05) is 71.9 Å². The van der Waals surface area contributed by atoms with E-state index in [4.69, 9.17) is 18.9 Å². The van der Waals surface area contributed by atoms with Gasteiger partial charge in [-0.2, -0.15) is 0 Å². The molecule has 1 atom stereocenters. The standard InChI is InChI=1S/C30H55N5O13/c1-2-14-45-16-18-47-20-21-48-19-17-46-15-5-31-26(36)4-3-25(30(43)44)35-12-10-33(23-28(39)40)8-6-32(22-27(37)38)7-9-34(11-13-35)24-29(41)42/h25H,2-24H2,1H3,(H,31,36)(H,37,38)(H,39,40)(H,41,42)(H,43,44). The summed E-state index contributed by atoms with van der Waals surface area (Å²) in [5.74, 6) is -4.73. The molecule has 1 saturated heterocycles. The highest BCUT2D eigenvalue weighted by molar-refractivity contribution is 5.78. The van der Waals surface area contributed by atoms with Gasteiger partial charge < -0.3 is 44.7 Å². The van der Waals surface area contributed by atoms with E-state index in [1.807, 2.05) is 6.92 Å². The summed E-state index contributed by atoms with van der Waals surface area (Å²) >= 11 is 0. The number of carbonyl (C=O) groups is 5. The van der Waals surface area contributed by atoms with Gasteiger partial charge in [0.05, 0.1) is 65.9 Å². The number of carbonyl (C=O) groups excluding carboxylic acids is 1. The first-order chi connectivity index (χ1) is 23.0. The second kappa shape index (κ2) is 26.9. The minimum absolute atomic E-state index is 0.0209. The molecule has 1 aliphatic rings. The average molecular weight is 694 g/mol. The maximum Gasteiger partial charge on any atom is 0.320 e. The van der Waals surface area contributed by atoms with E-state index in [1.165, 1.54) is 0 Å². The summed E-state index contributed by atoms with van der Waals surface area (Å²) in [4.78, 5) is 65.7. The molecule has 0 aromatic rings. The van der Waals surface area contributed by atoms with Crippen LogP contribution in [0.1, 0.15) is 26.2 Å². The predicted octanol–water partition coefficient (Wildman–Crippen LogP) is -1.71. The third-order valence-electron chi connectivity index (χ3n) is 7.35. The number of hydrogen-bond acceptors (Lipinski definition) is 13. The van der Waals surface area contributed by atoms with Gasteiger partial charge >= 0.3 is 23.9 Å². The van der Waals surface area contributed by atoms with Crippen LogP contribution < -0.4 is 5.32 Å². The lowest BCUT2D eigenvalue weighted by Gasteiger charge is -2.35. The molecule has 18 heteroatoms. The molecule has 0 radical (unpaired) electrons. The van der Waals surface area contributed by atoms with Crippen LogP contribution in [-0.4, -0.2) is 207 Å². The fourth-order valence-corrected chi connectivity index (χ4v) is 4.90. The number of nitrogens with one attached hydrogen (secondary N) is 1. The monoisotopic (exact) mass is 693 g/mol. The molecular weight excluding hydrogens is 638 g/mol. The highest BCUT2D eigenvalue weighted by atomic mass is 16.6. The van der Waals surface area contributed by atoms with Crippen LogP contribution in [0.25, 0.3) is 0 Å². The third kappa shape index (κ3) is 22.6. The van der Waals surface area contributed by atoms with Crippen molar-refractivity contribution in [2.45, 2.75) is 32.2 Å². The van der Waals surface area contributed by atoms with Gasteiger partial charge in [0.15, 0.2) is 0 Å². The normalized spacial score (nSPS) is 16.9. The lowest BCUT2D eigenvalue weighted by molar-refractivity contribution is -0.145. The van der Waals surface area contributed by atoms with Crippen LogP contribution in [-0.2, 0) is 42.9 Å². The Morgan fingerprint density at radius 3 is 1.33 bits per heavy atom. The molecule has 18 nitrogen and oxygen atoms in total. The Hall–Kier alpha value is -2.97. The maximum absolute atomic E-state index is 12.5. The molecule has 0 spiro atoms. The summed E-state index contributed by atoms with van der Waals surface area (Å²) in [5, 5.41) is 40.9. The second-order valence-corrected chi connectivity index (χ2v) is 11.2. The zero-order valence-electron chi connectivity index (χ0n) is 28.1. The summed E-state index contributed by atoms with van der Waals surface area (Å²) < 4.78 is 21.6. The summed E-state index contributed by atoms with van der Waals surface area (Å²) in [6.45, 7) is 6.45. The molecule has 1 amide bonds. The molecule has 0 aliphatic carbocycles. The summed E-state index contributed by atoms with van der Waals surface area (Å²) in [6, 6.07) is -1.08. The fourth-order valence-electron chi connectivity index (χ4n) is 4.90. The van der Waals surface area contributed by atoms with E-state index in [-0.39, 0.29) is 104 Å². The summed E-state index contributed by atoms with van der Waals surface area (Å²) in [6.07, 6.45) is 0.863.